The highest BCUT2D eigenvalue weighted by atomic mass is 19.1. The smallest absolute Gasteiger partial charge is 0.321 e. The van der Waals surface area contributed by atoms with Crippen LogP contribution in [-0.2, 0) is 10.2 Å². The molecule has 0 spiro atoms. The van der Waals surface area contributed by atoms with E-state index in [9.17, 15) is 13.6 Å². The molecule has 0 fully saturated rings. The van der Waals surface area contributed by atoms with E-state index in [2.05, 4.69) is 0 Å². The fraction of sp³-hybridized carbons (Fsp3) is 0.364. The number of carboxylic acid groups (broad SMARTS) is 1. The average Bonchev–Trinajstić information content (AvgIpc) is 2.20. The van der Waals surface area contributed by atoms with Crippen LogP contribution in [0.3, 0.4) is 0 Å². The number of hydrogen-bond donors (Lipinski definition) is 2. The molecule has 0 saturated heterocycles. The van der Waals surface area contributed by atoms with Crippen LogP contribution in [0.1, 0.15) is 19.4 Å². The molecule has 16 heavy (non-hydrogen) atoms. The van der Waals surface area contributed by atoms with Gasteiger partial charge < -0.3 is 10.8 Å². The molecule has 1 unspecified atom stereocenters. The van der Waals surface area contributed by atoms with Gasteiger partial charge in [0, 0.05) is 5.41 Å². The Hall–Kier alpha value is -1.49. The van der Waals surface area contributed by atoms with Gasteiger partial charge in [0.05, 0.1) is 0 Å². The minimum absolute atomic E-state index is 0.0394. The molecule has 0 heterocycles. The summed E-state index contributed by atoms with van der Waals surface area (Å²) in [6, 6.07) is 1.60. The van der Waals surface area contributed by atoms with Crippen LogP contribution in [-0.4, -0.2) is 17.1 Å². The third-order valence-corrected chi connectivity index (χ3v) is 2.67. The van der Waals surface area contributed by atoms with Crippen LogP contribution in [0, 0.1) is 11.6 Å². The van der Waals surface area contributed by atoms with Crippen LogP contribution < -0.4 is 5.73 Å². The molecule has 3 nitrogen and oxygen atoms in total. The van der Waals surface area contributed by atoms with E-state index in [4.69, 9.17) is 10.8 Å². The average molecular weight is 229 g/mol. The van der Waals surface area contributed by atoms with Crippen LogP contribution in [0.5, 0.6) is 0 Å². The van der Waals surface area contributed by atoms with E-state index in [1.807, 2.05) is 0 Å². The quantitative estimate of drug-likeness (QED) is 0.828. The van der Waals surface area contributed by atoms with E-state index in [1.165, 1.54) is 13.8 Å². The summed E-state index contributed by atoms with van der Waals surface area (Å²) in [5, 5.41) is 8.80. The predicted octanol–water partition coefficient (Wildman–Crippen LogP) is 1.65. The predicted molar refractivity (Wildman–Crippen MR) is 55.0 cm³/mol. The molecule has 5 heteroatoms. The van der Waals surface area contributed by atoms with Crippen LogP contribution in [0.15, 0.2) is 18.2 Å². The molecular weight excluding hydrogens is 216 g/mol. The highest BCUT2D eigenvalue weighted by Crippen LogP contribution is 2.29. The van der Waals surface area contributed by atoms with Crippen molar-refractivity contribution in [2.45, 2.75) is 25.3 Å². The van der Waals surface area contributed by atoms with E-state index in [0.717, 1.165) is 18.2 Å². The van der Waals surface area contributed by atoms with Gasteiger partial charge in [-0.3, -0.25) is 4.79 Å². The maximum Gasteiger partial charge on any atom is 0.321 e. The Morgan fingerprint density at radius 1 is 1.44 bits per heavy atom. The number of carbonyl (C=O) groups is 1. The first kappa shape index (κ1) is 12.6. The zero-order valence-electron chi connectivity index (χ0n) is 9.00. The second-order valence-electron chi connectivity index (χ2n) is 4.16. The van der Waals surface area contributed by atoms with Gasteiger partial charge in [0.2, 0.25) is 0 Å². The van der Waals surface area contributed by atoms with Gasteiger partial charge >= 0.3 is 5.97 Å². The summed E-state index contributed by atoms with van der Waals surface area (Å²) < 4.78 is 26.5. The van der Waals surface area contributed by atoms with Gasteiger partial charge in [-0.2, -0.15) is 0 Å². The normalized spacial score (nSPS) is 13.6. The molecule has 0 aliphatic heterocycles. The minimum Gasteiger partial charge on any atom is -0.480 e. The zero-order chi connectivity index (χ0) is 12.5. The first-order chi connectivity index (χ1) is 7.26. The van der Waals surface area contributed by atoms with Gasteiger partial charge in [0.25, 0.3) is 0 Å². The molecule has 1 aromatic carbocycles. The zero-order valence-corrected chi connectivity index (χ0v) is 9.00. The van der Waals surface area contributed by atoms with Crippen molar-refractivity contribution >= 4 is 5.97 Å². The molecule has 1 aromatic rings. The largest absolute Gasteiger partial charge is 0.480 e. The molecule has 0 bridgehead atoms. The summed E-state index contributed by atoms with van der Waals surface area (Å²) in [4.78, 5) is 10.8. The topological polar surface area (TPSA) is 63.3 Å². The fourth-order valence-corrected chi connectivity index (χ4v) is 1.47. The molecule has 0 aliphatic rings. The molecule has 3 N–H and O–H groups in total. The summed E-state index contributed by atoms with van der Waals surface area (Å²) in [7, 11) is 0. The van der Waals surface area contributed by atoms with Crippen molar-refractivity contribution in [2.24, 2.45) is 5.73 Å². The molecule has 0 radical (unpaired) electrons. The maximum atomic E-state index is 13.5. The lowest BCUT2D eigenvalue weighted by atomic mass is 9.78. The van der Waals surface area contributed by atoms with Crippen molar-refractivity contribution in [3.8, 4) is 0 Å². The number of aliphatic carboxylic acids is 1. The summed E-state index contributed by atoms with van der Waals surface area (Å²) in [6.07, 6.45) is 0. The van der Waals surface area contributed by atoms with Gasteiger partial charge in [-0.15, -0.1) is 0 Å². The van der Waals surface area contributed by atoms with E-state index in [-0.39, 0.29) is 5.56 Å². The Bertz CT molecular complexity index is 418. The fourth-order valence-electron chi connectivity index (χ4n) is 1.47. The van der Waals surface area contributed by atoms with E-state index >= 15 is 0 Å². The molecule has 0 aliphatic carbocycles. The number of rotatable bonds is 3. The summed E-state index contributed by atoms with van der Waals surface area (Å²) in [6.45, 7) is 2.92. The van der Waals surface area contributed by atoms with E-state index in [1.54, 1.807) is 0 Å². The molecule has 88 valence electrons. The van der Waals surface area contributed by atoms with Crippen molar-refractivity contribution in [2.75, 3.05) is 0 Å². The van der Waals surface area contributed by atoms with E-state index in [0.29, 0.717) is 0 Å². The number of benzene rings is 1. The molecular formula is C11H13F2NO2. The Morgan fingerprint density at radius 2 is 2.00 bits per heavy atom. The molecule has 0 saturated carbocycles. The van der Waals surface area contributed by atoms with Gasteiger partial charge in [-0.25, -0.2) is 8.78 Å². The van der Waals surface area contributed by atoms with Gasteiger partial charge in [0.15, 0.2) is 0 Å². The third kappa shape index (κ3) is 2.19. The van der Waals surface area contributed by atoms with Crippen molar-refractivity contribution in [1.29, 1.82) is 0 Å². The second-order valence-corrected chi connectivity index (χ2v) is 4.16. The Kier molecular flexibility index (Phi) is 3.28. The maximum absolute atomic E-state index is 13.5. The molecule has 0 aromatic heterocycles. The van der Waals surface area contributed by atoms with E-state index < -0.39 is 29.1 Å². The highest BCUT2D eigenvalue weighted by molar-refractivity contribution is 5.75. The Labute approximate surface area is 91.9 Å². The Balaban J connectivity index is 3.25. The number of hydrogen-bond acceptors (Lipinski definition) is 2. The van der Waals surface area contributed by atoms with Gasteiger partial charge in [0.1, 0.15) is 17.7 Å². The summed E-state index contributed by atoms with van der Waals surface area (Å²) in [5.74, 6) is -2.54. The highest BCUT2D eigenvalue weighted by Gasteiger charge is 2.36. The first-order valence-electron chi connectivity index (χ1n) is 4.70. The standard InChI is InChI=1S/C11H13F2NO2/c1-11(2,9(14)10(15)16)7-5-6(12)3-4-8(7)13/h3-5,9H,14H2,1-2H3,(H,15,16). The van der Waals surface area contributed by atoms with Gasteiger partial charge in [-0.05, 0) is 23.8 Å². The monoisotopic (exact) mass is 229 g/mol. The van der Waals surface area contributed by atoms with Crippen molar-refractivity contribution in [3.05, 3.63) is 35.4 Å². The van der Waals surface area contributed by atoms with Crippen LogP contribution in [0.25, 0.3) is 0 Å². The van der Waals surface area contributed by atoms with Crippen molar-refractivity contribution in [1.82, 2.24) is 0 Å². The number of carboxylic acids is 1. The lowest BCUT2D eigenvalue weighted by molar-refractivity contribution is -0.140. The Morgan fingerprint density at radius 3 is 2.50 bits per heavy atom. The van der Waals surface area contributed by atoms with Gasteiger partial charge in [-0.1, -0.05) is 13.8 Å². The second kappa shape index (κ2) is 4.17. The summed E-state index contributed by atoms with van der Waals surface area (Å²) >= 11 is 0. The third-order valence-electron chi connectivity index (χ3n) is 2.67. The molecule has 1 atom stereocenters. The number of halogens is 2. The molecule has 0 amide bonds. The SMILES string of the molecule is CC(C)(c1cc(F)ccc1F)C(N)C(=O)O. The summed E-state index contributed by atoms with van der Waals surface area (Å²) in [5.41, 5.74) is 4.23. The lowest BCUT2D eigenvalue weighted by Crippen LogP contribution is -2.47. The van der Waals surface area contributed by atoms with Crippen molar-refractivity contribution < 1.29 is 18.7 Å². The lowest BCUT2D eigenvalue weighted by Gasteiger charge is -2.29. The van der Waals surface area contributed by atoms with Crippen LogP contribution in [0.2, 0.25) is 0 Å². The van der Waals surface area contributed by atoms with Crippen LogP contribution in [0.4, 0.5) is 8.78 Å². The van der Waals surface area contributed by atoms with Crippen LogP contribution >= 0.6 is 0 Å². The molecule has 1 rings (SSSR count). The number of nitrogens with two attached hydrogens (primary N) is 1. The van der Waals surface area contributed by atoms with Crippen molar-refractivity contribution in [3.63, 3.8) is 0 Å². The minimum atomic E-state index is -1.30. The first-order valence-corrected chi connectivity index (χ1v) is 4.70.